The van der Waals surface area contributed by atoms with Crippen molar-refractivity contribution in [3.63, 3.8) is 0 Å². The van der Waals surface area contributed by atoms with E-state index in [2.05, 4.69) is 10.6 Å². The lowest BCUT2D eigenvalue weighted by Gasteiger charge is -2.07. The number of benzene rings is 1. The van der Waals surface area contributed by atoms with Crippen LogP contribution in [-0.2, 0) is 17.8 Å². The Morgan fingerprint density at radius 1 is 1.20 bits per heavy atom. The van der Waals surface area contributed by atoms with E-state index in [9.17, 15) is 9.59 Å². The second kappa shape index (κ2) is 6.72. The maximum Gasteiger partial charge on any atom is 0.319 e. The van der Waals surface area contributed by atoms with Crippen LogP contribution in [0, 0.1) is 0 Å². The number of carbonyl (C=O) groups is 2. The summed E-state index contributed by atoms with van der Waals surface area (Å²) in [6, 6.07) is 10.4. The van der Waals surface area contributed by atoms with Crippen molar-refractivity contribution in [2.75, 3.05) is 5.32 Å². The normalized spacial score (nSPS) is 10.0. The summed E-state index contributed by atoms with van der Waals surface area (Å²) in [6.45, 7) is 0.471. The molecular formula is C14H14N2O3S. The smallest absolute Gasteiger partial charge is 0.319 e. The molecule has 5 nitrogen and oxygen atoms in total. The van der Waals surface area contributed by atoms with Gasteiger partial charge in [0, 0.05) is 10.6 Å². The number of nitrogens with one attached hydrogen (secondary N) is 2. The summed E-state index contributed by atoms with van der Waals surface area (Å²) in [5, 5.41) is 16.1. The lowest BCUT2D eigenvalue weighted by Crippen LogP contribution is -2.27. The van der Waals surface area contributed by atoms with Crippen molar-refractivity contribution in [3.05, 3.63) is 52.2 Å². The summed E-state index contributed by atoms with van der Waals surface area (Å²) in [5.74, 6) is -0.899. The van der Waals surface area contributed by atoms with E-state index >= 15 is 0 Å². The predicted octanol–water partition coefficient (Wildman–Crippen LogP) is 2.70. The van der Waals surface area contributed by atoms with E-state index in [4.69, 9.17) is 5.11 Å². The summed E-state index contributed by atoms with van der Waals surface area (Å²) in [4.78, 5) is 23.4. The number of rotatable bonds is 5. The zero-order chi connectivity index (χ0) is 14.4. The maximum atomic E-state index is 11.7. The molecule has 2 aromatic rings. The summed E-state index contributed by atoms with van der Waals surface area (Å²) in [6.07, 6.45) is -0.0632. The van der Waals surface area contributed by atoms with Crippen molar-refractivity contribution in [1.82, 2.24) is 5.32 Å². The molecule has 0 bridgehead atoms. The largest absolute Gasteiger partial charge is 0.481 e. The maximum absolute atomic E-state index is 11.7. The highest BCUT2D eigenvalue weighted by molar-refractivity contribution is 7.09. The molecule has 0 saturated heterocycles. The second-order valence-electron chi connectivity index (χ2n) is 4.16. The highest BCUT2D eigenvalue weighted by atomic mass is 32.1. The van der Waals surface area contributed by atoms with Crippen LogP contribution >= 0.6 is 11.3 Å². The molecule has 1 aromatic heterocycles. The van der Waals surface area contributed by atoms with Crippen LogP contribution in [0.15, 0.2) is 41.8 Å². The zero-order valence-corrected chi connectivity index (χ0v) is 11.4. The average molecular weight is 290 g/mol. The van der Waals surface area contributed by atoms with Crippen molar-refractivity contribution in [2.24, 2.45) is 0 Å². The van der Waals surface area contributed by atoms with Gasteiger partial charge in [0.05, 0.1) is 13.0 Å². The first-order valence-corrected chi connectivity index (χ1v) is 6.89. The lowest BCUT2D eigenvalue weighted by atomic mass is 10.1. The Hall–Kier alpha value is -2.34. The van der Waals surface area contributed by atoms with Gasteiger partial charge >= 0.3 is 12.0 Å². The van der Waals surface area contributed by atoms with Crippen molar-refractivity contribution in [1.29, 1.82) is 0 Å². The fraction of sp³-hybridized carbons (Fsp3) is 0.143. The van der Waals surface area contributed by atoms with Gasteiger partial charge in [0.15, 0.2) is 0 Å². The van der Waals surface area contributed by atoms with Crippen molar-refractivity contribution >= 4 is 29.0 Å². The quantitative estimate of drug-likeness (QED) is 0.792. The third kappa shape index (κ3) is 4.40. The Morgan fingerprint density at radius 3 is 2.75 bits per heavy atom. The van der Waals surface area contributed by atoms with Gasteiger partial charge in [-0.3, -0.25) is 4.79 Å². The minimum Gasteiger partial charge on any atom is -0.481 e. The number of hydrogen-bond donors (Lipinski definition) is 3. The minimum atomic E-state index is -0.899. The van der Waals surface area contributed by atoms with Crippen LogP contribution in [0.4, 0.5) is 10.5 Å². The van der Waals surface area contributed by atoms with Crippen molar-refractivity contribution in [3.8, 4) is 0 Å². The molecule has 3 N–H and O–H groups in total. The highest BCUT2D eigenvalue weighted by Crippen LogP contribution is 2.12. The van der Waals surface area contributed by atoms with E-state index in [1.54, 1.807) is 35.6 Å². The monoisotopic (exact) mass is 290 g/mol. The van der Waals surface area contributed by atoms with Gasteiger partial charge < -0.3 is 15.7 Å². The molecule has 0 aliphatic carbocycles. The third-order valence-electron chi connectivity index (χ3n) is 2.54. The van der Waals surface area contributed by atoms with Crippen LogP contribution in [0.25, 0.3) is 0 Å². The average Bonchev–Trinajstić information content (AvgIpc) is 2.89. The Labute approximate surface area is 120 Å². The number of amides is 2. The third-order valence-corrected chi connectivity index (χ3v) is 3.42. The van der Waals surface area contributed by atoms with Crippen LogP contribution in [0.2, 0.25) is 0 Å². The fourth-order valence-electron chi connectivity index (χ4n) is 1.69. The number of aliphatic carboxylic acids is 1. The first kappa shape index (κ1) is 14.1. The van der Waals surface area contributed by atoms with Crippen LogP contribution in [-0.4, -0.2) is 17.1 Å². The molecule has 2 amide bonds. The lowest BCUT2D eigenvalue weighted by molar-refractivity contribution is -0.136. The molecule has 0 radical (unpaired) electrons. The summed E-state index contributed by atoms with van der Waals surface area (Å²) in [7, 11) is 0. The van der Waals surface area contributed by atoms with Gasteiger partial charge in [-0.2, -0.15) is 0 Å². The Kier molecular flexibility index (Phi) is 4.73. The number of anilines is 1. The number of carboxylic acid groups (broad SMARTS) is 1. The molecule has 6 heteroatoms. The van der Waals surface area contributed by atoms with Crippen molar-refractivity contribution in [2.45, 2.75) is 13.0 Å². The van der Waals surface area contributed by atoms with Gasteiger partial charge in [0.1, 0.15) is 0 Å². The van der Waals surface area contributed by atoms with Gasteiger partial charge in [-0.1, -0.05) is 18.2 Å². The zero-order valence-electron chi connectivity index (χ0n) is 10.6. The SMILES string of the molecule is O=C(O)Cc1cccc(NC(=O)NCc2cccs2)c1. The van der Waals surface area contributed by atoms with Gasteiger partial charge in [0.25, 0.3) is 0 Å². The molecule has 0 fully saturated rings. The number of carbonyl (C=O) groups excluding carboxylic acids is 1. The fourth-order valence-corrected chi connectivity index (χ4v) is 2.33. The molecule has 104 valence electrons. The topological polar surface area (TPSA) is 78.4 Å². The number of urea groups is 1. The Bertz CT molecular complexity index is 596. The predicted molar refractivity (Wildman–Crippen MR) is 78.0 cm³/mol. The van der Waals surface area contributed by atoms with E-state index in [0.29, 0.717) is 17.8 Å². The van der Waals surface area contributed by atoms with Crippen LogP contribution < -0.4 is 10.6 Å². The summed E-state index contributed by atoms with van der Waals surface area (Å²) >= 11 is 1.57. The number of hydrogen-bond acceptors (Lipinski definition) is 3. The number of thiophene rings is 1. The first-order valence-electron chi connectivity index (χ1n) is 6.01. The molecular weight excluding hydrogens is 276 g/mol. The van der Waals surface area contributed by atoms with E-state index in [-0.39, 0.29) is 12.5 Å². The Morgan fingerprint density at radius 2 is 2.05 bits per heavy atom. The molecule has 1 aromatic carbocycles. The molecule has 20 heavy (non-hydrogen) atoms. The van der Waals surface area contributed by atoms with E-state index in [0.717, 1.165) is 4.88 Å². The van der Waals surface area contributed by atoms with E-state index in [1.165, 1.54) is 0 Å². The molecule has 0 atom stereocenters. The van der Waals surface area contributed by atoms with Gasteiger partial charge in [-0.15, -0.1) is 11.3 Å². The van der Waals surface area contributed by atoms with Crippen LogP contribution in [0.3, 0.4) is 0 Å². The van der Waals surface area contributed by atoms with Crippen molar-refractivity contribution < 1.29 is 14.7 Å². The molecule has 2 rings (SSSR count). The van der Waals surface area contributed by atoms with Crippen LogP contribution in [0.1, 0.15) is 10.4 Å². The van der Waals surface area contributed by atoms with Crippen LogP contribution in [0.5, 0.6) is 0 Å². The first-order chi connectivity index (χ1) is 9.63. The summed E-state index contributed by atoms with van der Waals surface area (Å²) in [5.41, 5.74) is 1.22. The highest BCUT2D eigenvalue weighted by Gasteiger charge is 2.05. The van der Waals surface area contributed by atoms with Gasteiger partial charge in [-0.05, 0) is 29.1 Å². The molecule has 0 saturated carbocycles. The molecule has 0 aliphatic rings. The molecule has 0 spiro atoms. The minimum absolute atomic E-state index is 0.0632. The molecule has 0 aliphatic heterocycles. The number of carboxylic acids is 1. The Balaban J connectivity index is 1.88. The van der Waals surface area contributed by atoms with E-state index < -0.39 is 5.97 Å². The second-order valence-corrected chi connectivity index (χ2v) is 5.19. The van der Waals surface area contributed by atoms with E-state index in [1.807, 2.05) is 17.5 Å². The summed E-state index contributed by atoms with van der Waals surface area (Å²) < 4.78 is 0. The standard InChI is InChI=1S/C14H14N2O3S/c17-13(18)8-10-3-1-4-11(7-10)16-14(19)15-9-12-5-2-6-20-12/h1-7H,8-9H2,(H,17,18)(H2,15,16,19). The van der Waals surface area contributed by atoms with Gasteiger partial charge in [-0.25, -0.2) is 4.79 Å². The van der Waals surface area contributed by atoms with Gasteiger partial charge in [0.2, 0.25) is 0 Å². The molecule has 0 unspecified atom stereocenters. The molecule has 1 heterocycles.